The molecular weight excluding hydrogens is 172 g/mol. The van der Waals surface area contributed by atoms with Crippen LogP contribution in [-0.2, 0) is 19.1 Å². The molecule has 0 aliphatic carbocycles. The molecule has 0 rings (SSSR count). The molecule has 0 bridgehead atoms. The highest BCUT2D eigenvalue weighted by atomic mass is 16.6. The van der Waals surface area contributed by atoms with Crippen LogP contribution < -0.4 is 0 Å². The summed E-state index contributed by atoms with van der Waals surface area (Å²) in [4.78, 5) is 21.6. The minimum Gasteiger partial charge on any atom is -0.460 e. The van der Waals surface area contributed by atoms with Gasteiger partial charge in [0.1, 0.15) is 0 Å². The Morgan fingerprint density at radius 1 is 1.23 bits per heavy atom. The molecule has 0 amide bonds. The predicted octanol–water partition coefficient (Wildman–Crippen LogP) is 1.28. The largest absolute Gasteiger partial charge is 0.460 e. The quantitative estimate of drug-likeness (QED) is 0.623. The van der Waals surface area contributed by atoms with Crippen molar-refractivity contribution >= 4 is 11.9 Å². The first-order chi connectivity index (χ1) is 5.97. The summed E-state index contributed by atoms with van der Waals surface area (Å²) < 4.78 is 9.59. The summed E-state index contributed by atoms with van der Waals surface area (Å²) >= 11 is 0. The van der Waals surface area contributed by atoms with Crippen LogP contribution in [0.4, 0.5) is 0 Å². The number of rotatable bonds is 4. The third-order valence-corrected chi connectivity index (χ3v) is 1.57. The highest BCUT2D eigenvalue weighted by Gasteiger charge is 2.18. The minimum absolute atomic E-state index is 0.134. The van der Waals surface area contributed by atoms with Crippen LogP contribution in [0.5, 0.6) is 0 Å². The third kappa shape index (κ3) is 5.22. The van der Waals surface area contributed by atoms with E-state index in [0.29, 0.717) is 0 Å². The molecule has 0 N–H and O–H groups in total. The Morgan fingerprint density at radius 2 is 1.77 bits per heavy atom. The molecule has 76 valence electrons. The van der Waals surface area contributed by atoms with Crippen molar-refractivity contribution in [2.24, 2.45) is 0 Å². The summed E-state index contributed by atoms with van der Waals surface area (Å²) in [6.07, 6.45) is -0.199. The zero-order chi connectivity index (χ0) is 10.4. The molecule has 0 saturated heterocycles. The highest BCUT2D eigenvalue weighted by Crippen LogP contribution is 2.01. The molecule has 0 aliphatic rings. The van der Waals surface area contributed by atoms with E-state index in [1.165, 1.54) is 13.8 Å². The van der Waals surface area contributed by atoms with Gasteiger partial charge in [-0.3, -0.25) is 4.79 Å². The lowest BCUT2D eigenvalue weighted by atomic mass is 10.3. The molecule has 0 saturated carbocycles. The van der Waals surface area contributed by atoms with Gasteiger partial charge in [-0.1, -0.05) is 6.92 Å². The van der Waals surface area contributed by atoms with Gasteiger partial charge in [0.05, 0.1) is 6.10 Å². The number of hydrogen-bond donors (Lipinski definition) is 0. The first-order valence-electron chi connectivity index (χ1n) is 4.35. The Kier molecular flexibility index (Phi) is 5.11. The van der Waals surface area contributed by atoms with Crippen molar-refractivity contribution in [3.05, 3.63) is 0 Å². The first kappa shape index (κ1) is 11.9. The summed E-state index contributed by atoms with van der Waals surface area (Å²) in [5.74, 6) is -0.974. The summed E-state index contributed by atoms with van der Waals surface area (Å²) in [6, 6.07) is 0. The van der Waals surface area contributed by atoms with E-state index in [0.717, 1.165) is 6.42 Å². The summed E-state index contributed by atoms with van der Waals surface area (Å²) in [5, 5.41) is 0. The van der Waals surface area contributed by atoms with Crippen LogP contribution in [0.1, 0.15) is 34.1 Å². The first-order valence-corrected chi connectivity index (χ1v) is 4.35. The maximum Gasteiger partial charge on any atom is 0.347 e. The molecule has 0 unspecified atom stereocenters. The Bertz CT molecular complexity index is 188. The number of carbonyl (C=O) groups is 2. The molecule has 4 heteroatoms. The van der Waals surface area contributed by atoms with Crippen LogP contribution in [0.15, 0.2) is 0 Å². The second-order valence-electron chi connectivity index (χ2n) is 2.91. The van der Waals surface area contributed by atoms with Gasteiger partial charge in [-0.2, -0.15) is 0 Å². The summed E-state index contributed by atoms with van der Waals surface area (Å²) in [5.41, 5.74) is 0. The predicted molar refractivity (Wildman–Crippen MR) is 47.1 cm³/mol. The Labute approximate surface area is 78.2 Å². The van der Waals surface area contributed by atoms with E-state index in [-0.39, 0.29) is 6.10 Å². The van der Waals surface area contributed by atoms with E-state index in [2.05, 4.69) is 4.74 Å². The van der Waals surface area contributed by atoms with Crippen molar-refractivity contribution in [3.63, 3.8) is 0 Å². The number of hydrogen-bond acceptors (Lipinski definition) is 4. The molecule has 0 heterocycles. The fourth-order valence-electron chi connectivity index (χ4n) is 0.674. The van der Waals surface area contributed by atoms with Crippen molar-refractivity contribution in [2.75, 3.05) is 0 Å². The maximum atomic E-state index is 11.1. The number of ether oxygens (including phenoxy) is 2. The van der Waals surface area contributed by atoms with Gasteiger partial charge < -0.3 is 9.47 Å². The van der Waals surface area contributed by atoms with Gasteiger partial charge in [0.2, 0.25) is 0 Å². The van der Waals surface area contributed by atoms with Gasteiger partial charge in [0.25, 0.3) is 0 Å². The van der Waals surface area contributed by atoms with Crippen molar-refractivity contribution in [3.8, 4) is 0 Å². The van der Waals surface area contributed by atoms with Crippen LogP contribution >= 0.6 is 0 Å². The number of carbonyl (C=O) groups excluding carboxylic acids is 2. The van der Waals surface area contributed by atoms with Crippen LogP contribution in [0.25, 0.3) is 0 Å². The van der Waals surface area contributed by atoms with Crippen LogP contribution in [0, 0.1) is 0 Å². The van der Waals surface area contributed by atoms with E-state index in [9.17, 15) is 9.59 Å². The normalized spacial score (nSPS) is 14.5. The standard InChI is InChI=1S/C9H16O4/c1-5-6(2)12-9(11)7(3)13-8(4)10/h6-7H,5H2,1-4H3/t6-,7-/m0/s1. The average Bonchev–Trinajstić information content (AvgIpc) is 2.02. The van der Waals surface area contributed by atoms with E-state index in [4.69, 9.17) is 4.74 Å². The monoisotopic (exact) mass is 188 g/mol. The molecule has 4 nitrogen and oxygen atoms in total. The van der Waals surface area contributed by atoms with Gasteiger partial charge in [0, 0.05) is 6.92 Å². The molecule has 0 radical (unpaired) electrons. The summed E-state index contributed by atoms with van der Waals surface area (Å²) in [6.45, 7) is 6.45. The molecule has 13 heavy (non-hydrogen) atoms. The molecule has 0 fully saturated rings. The molecule has 0 aromatic carbocycles. The van der Waals surface area contributed by atoms with Gasteiger partial charge in [-0.15, -0.1) is 0 Å². The Morgan fingerprint density at radius 3 is 2.15 bits per heavy atom. The maximum absolute atomic E-state index is 11.1. The molecule has 0 aromatic rings. The number of esters is 2. The SMILES string of the molecule is CC[C@H](C)OC(=O)[C@H](C)OC(C)=O. The Hall–Kier alpha value is -1.06. The zero-order valence-corrected chi connectivity index (χ0v) is 8.49. The molecule has 2 atom stereocenters. The van der Waals surface area contributed by atoms with E-state index >= 15 is 0 Å². The lowest BCUT2D eigenvalue weighted by molar-refractivity contribution is -0.168. The zero-order valence-electron chi connectivity index (χ0n) is 8.49. The fraction of sp³-hybridized carbons (Fsp3) is 0.778. The fourth-order valence-corrected chi connectivity index (χ4v) is 0.674. The van der Waals surface area contributed by atoms with E-state index in [1.807, 2.05) is 6.92 Å². The van der Waals surface area contributed by atoms with Crippen LogP contribution in [0.3, 0.4) is 0 Å². The molecule has 0 aliphatic heterocycles. The van der Waals surface area contributed by atoms with Crippen LogP contribution in [0.2, 0.25) is 0 Å². The summed E-state index contributed by atoms with van der Waals surface area (Å²) in [7, 11) is 0. The molecule has 0 aromatic heterocycles. The van der Waals surface area contributed by atoms with Gasteiger partial charge in [-0.05, 0) is 20.3 Å². The lowest BCUT2D eigenvalue weighted by Crippen LogP contribution is -2.28. The molecule has 0 spiro atoms. The minimum atomic E-state index is -0.813. The van der Waals surface area contributed by atoms with E-state index < -0.39 is 18.0 Å². The highest BCUT2D eigenvalue weighted by molar-refractivity contribution is 5.78. The lowest BCUT2D eigenvalue weighted by Gasteiger charge is -2.15. The van der Waals surface area contributed by atoms with E-state index in [1.54, 1.807) is 6.92 Å². The smallest absolute Gasteiger partial charge is 0.347 e. The Balaban J connectivity index is 3.89. The van der Waals surface area contributed by atoms with Crippen LogP contribution in [-0.4, -0.2) is 24.1 Å². The van der Waals surface area contributed by atoms with Crippen molar-refractivity contribution in [1.29, 1.82) is 0 Å². The van der Waals surface area contributed by atoms with Crippen molar-refractivity contribution in [2.45, 2.75) is 46.3 Å². The van der Waals surface area contributed by atoms with Crippen molar-refractivity contribution in [1.82, 2.24) is 0 Å². The van der Waals surface area contributed by atoms with Crippen molar-refractivity contribution < 1.29 is 19.1 Å². The van der Waals surface area contributed by atoms with Gasteiger partial charge in [0.15, 0.2) is 6.10 Å². The second kappa shape index (κ2) is 5.56. The van der Waals surface area contributed by atoms with Gasteiger partial charge in [-0.25, -0.2) is 4.79 Å². The average molecular weight is 188 g/mol. The topological polar surface area (TPSA) is 52.6 Å². The van der Waals surface area contributed by atoms with Gasteiger partial charge >= 0.3 is 11.9 Å². The third-order valence-electron chi connectivity index (χ3n) is 1.57. The molecular formula is C9H16O4. The second-order valence-corrected chi connectivity index (χ2v) is 2.91.